The van der Waals surface area contributed by atoms with E-state index in [4.69, 9.17) is 9.84 Å². The second-order valence-electron chi connectivity index (χ2n) is 4.29. The third kappa shape index (κ3) is 2.33. The van der Waals surface area contributed by atoms with Gasteiger partial charge in [0.15, 0.2) is 0 Å². The number of carbonyl (C=O) groups is 1. The van der Waals surface area contributed by atoms with Crippen molar-refractivity contribution in [3.8, 4) is 5.75 Å². The number of hydrogen-bond acceptors (Lipinski definition) is 3. The first-order valence-corrected chi connectivity index (χ1v) is 6.12. The Labute approximate surface area is 115 Å². The lowest BCUT2D eigenvalue weighted by Crippen LogP contribution is -2.03. The molecule has 0 aliphatic carbocycles. The number of nitrogens with zero attached hydrogens (tertiary/aromatic N) is 2. The average molecular weight is 268 g/mol. The molecule has 100 valence electrons. The highest BCUT2D eigenvalue weighted by Gasteiger charge is 2.10. The van der Waals surface area contributed by atoms with Crippen molar-refractivity contribution in [2.75, 3.05) is 0 Å². The van der Waals surface area contributed by atoms with Gasteiger partial charge in [-0.15, -0.1) is 0 Å². The molecule has 1 N–H and O–H groups in total. The van der Waals surface area contributed by atoms with Crippen molar-refractivity contribution in [1.82, 2.24) is 9.38 Å². The summed E-state index contributed by atoms with van der Waals surface area (Å²) in [6.07, 6.45) is 3.76. The summed E-state index contributed by atoms with van der Waals surface area (Å²) in [6, 6.07) is 12.3. The zero-order valence-electron chi connectivity index (χ0n) is 10.6. The lowest BCUT2D eigenvalue weighted by molar-refractivity contribution is 0.0691. The topological polar surface area (TPSA) is 63.8 Å². The number of para-hydroxylation sites is 1. The minimum atomic E-state index is -1.00. The fraction of sp³-hybridized carbons (Fsp3) is 0.0667. The maximum Gasteiger partial charge on any atom is 0.339 e. The highest BCUT2D eigenvalue weighted by Crippen LogP contribution is 2.19. The summed E-state index contributed by atoms with van der Waals surface area (Å²) in [5, 5.41) is 9.08. The Bertz CT molecular complexity index is 731. The molecule has 5 nitrogen and oxygen atoms in total. The Morgan fingerprint density at radius 1 is 1.20 bits per heavy atom. The van der Waals surface area contributed by atoms with Gasteiger partial charge in [-0.1, -0.05) is 18.2 Å². The van der Waals surface area contributed by atoms with Gasteiger partial charge < -0.3 is 14.2 Å². The van der Waals surface area contributed by atoms with Crippen LogP contribution in [0.2, 0.25) is 0 Å². The first-order valence-electron chi connectivity index (χ1n) is 6.12. The Hall–Kier alpha value is -2.82. The van der Waals surface area contributed by atoms with Gasteiger partial charge in [-0.05, 0) is 24.3 Å². The van der Waals surface area contributed by atoms with E-state index in [0.29, 0.717) is 5.75 Å². The molecule has 3 rings (SSSR count). The molecule has 1 aromatic carbocycles. The zero-order valence-corrected chi connectivity index (χ0v) is 10.6. The predicted molar refractivity (Wildman–Crippen MR) is 72.9 cm³/mol. The average Bonchev–Trinajstić information content (AvgIpc) is 2.88. The summed E-state index contributed by atoms with van der Waals surface area (Å²) in [6.45, 7) is 0.228. The van der Waals surface area contributed by atoms with E-state index in [1.54, 1.807) is 18.2 Å². The molecule has 20 heavy (non-hydrogen) atoms. The standard InChI is InChI=1S/C15H12N2O3/c18-15(19)12-5-1-2-6-13(12)20-10-11-9-17-8-4-3-7-14(17)16-11/h1-9H,10H2,(H,18,19). The fourth-order valence-corrected chi connectivity index (χ4v) is 1.98. The molecule has 0 radical (unpaired) electrons. The van der Waals surface area contributed by atoms with Gasteiger partial charge in [0.25, 0.3) is 0 Å². The summed E-state index contributed by atoms with van der Waals surface area (Å²) >= 11 is 0. The highest BCUT2D eigenvalue weighted by atomic mass is 16.5. The number of carboxylic acids is 1. The maximum atomic E-state index is 11.1. The third-order valence-corrected chi connectivity index (χ3v) is 2.91. The van der Waals surface area contributed by atoms with Crippen molar-refractivity contribution in [1.29, 1.82) is 0 Å². The molecule has 0 amide bonds. The van der Waals surface area contributed by atoms with Crippen LogP contribution < -0.4 is 4.74 Å². The van der Waals surface area contributed by atoms with E-state index in [9.17, 15) is 4.79 Å². The lowest BCUT2D eigenvalue weighted by atomic mass is 10.2. The molecule has 5 heteroatoms. The Kier molecular flexibility index (Phi) is 3.09. The van der Waals surface area contributed by atoms with Crippen molar-refractivity contribution in [3.63, 3.8) is 0 Å². The van der Waals surface area contributed by atoms with E-state index in [0.717, 1.165) is 11.3 Å². The van der Waals surface area contributed by atoms with Crippen LogP contribution in [0.15, 0.2) is 54.9 Å². The monoisotopic (exact) mass is 268 g/mol. The summed E-state index contributed by atoms with van der Waals surface area (Å²) in [5.41, 5.74) is 1.73. The minimum Gasteiger partial charge on any atom is -0.486 e. The number of imidazole rings is 1. The number of benzene rings is 1. The van der Waals surface area contributed by atoms with Crippen LogP contribution in [-0.4, -0.2) is 20.5 Å². The van der Waals surface area contributed by atoms with Crippen LogP contribution in [0.1, 0.15) is 16.1 Å². The Balaban J connectivity index is 1.81. The van der Waals surface area contributed by atoms with Crippen LogP contribution in [0.5, 0.6) is 5.75 Å². The number of pyridine rings is 1. The third-order valence-electron chi connectivity index (χ3n) is 2.91. The number of hydrogen-bond donors (Lipinski definition) is 1. The summed E-state index contributed by atoms with van der Waals surface area (Å²) in [5.74, 6) is -0.660. The minimum absolute atomic E-state index is 0.149. The predicted octanol–water partition coefficient (Wildman–Crippen LogP) is 2.61. The summed E-state index contributed by atoms with van der Waals surface area (Å²) in [4.78, 5) is 15.5. The van der Waals surface area contributed by atoms with Crippen LogP contribution in [0.3, 0.4) is 0 Å². The highest BCUT2D eigenvalue weighted by molar-refractivity contribution is 5.90. The van der Waals surface area contributed by atoms with E-state index in [1.165, 1.54) is 6.07 Å². The molecule has 0 atom stereocenters. The molecular weight excluding hydrogens is 256 g/mol. The van der Waals surface area contributed by atoms with E-state index in [1.807, 2.05) is 35.0 Å². The number of fused-ring (bicyclic) bond motifs is 1. The van der Waals surface area contributed by atoms with Crippen LogP contribution in [-0.2, 0) is 6.61 Å². The fourth-order valence-electron chi connectivity index (χ4n) is 1.98. The Morgan fingerprint density at radius 2 is 2.00 bits per heavy atom. The van der Waals surface area contributed by atoms with Gasteiger partial charge in [0.05, 0.1) is 5.69 Å². The zero-order chi connectivity index (χ0) is 13.9. The second kappa shape index (κ2) is 5.05. The van der Waals surface area contributed by atoms with E-state index in [-0.39, 0.29) is 12.2 Å². The lowest BCUT2D eigenvalue weighted by Gasteiger charge is -2.06. The first-order chi connectivity index (χ1) is 9.74. The number of aromatic carboxylic acids is 1. The number of rotatable bonds is 4. The molecule has 0 saturated heterocycles. The SMILES string of the molecule is O=C(O)c1ccccc1OCc1cn2ccccc2n1. The van der Waals surface area contributed by atoms with Crippen LogP contribution in [0.25, 0.3) is 5.65 Å². The molecule has 3 aromatic rings. The number of carboxylic acid groups (broad SMARTS) is 1. The largest absolute Gasteiger partial charge is 0.486 e. The molecule has 2 aromatic heterocycles. The summed E-state index contributed by atoms with van der Waals surface area (Å²) < 4.78 is 7.45. The van der Waals surface area contributed by atoms with Crippen LogP contribution >= 0.6 is 0 Å². The molecule has 0 fully saturated rings. The molecule has 0 spiro atoms. The van der Waals surface area contributed by atoms with Gasteiger partial charge in [-0.25, -0.2) is 9.78 Å². The molecule has 0 saturated carbocycles. The van der Waals surface area contributed by atoms with E-state index >= 15 is 0 Å². The number of ether oxygens (including phenoxy) is 1. The van der Waals surface area contributed by atoms with Gasteiger partial charge in [0, 0.05) is 12.4 Å². The van der Waals surface area contributed by atoms with Crippen LogP contribution in [0, 0.1) is 0 Å². The van der Waals surface area contributed by atoms with E-state index in [2.05, 4.69) is 4.98 Å². The van der Waals surface area contributed by atoms with Gasteiger partial charge >= 0.3 is 5.97 Å². The molecular formula is C15H12N2O3. The first kappa shape index (κ1) is 12.2. The molecule has 0 aliphatic heterocycles. The molecule has 0 unspecified atom stereocenters. The van der Waals surface area contributed by atoms with Crippen LogP contribution in [0.4, 0.5) is 0 Å². The van der Waals surface area contributed by atoms with Crippen molar-refractivity contribution < 1.29 is 14.6 Å². The van der Waals surface area contributed by atoms with Gasteiger partial charge in [-0.2, -0.15) is 0 Å². The van der Waals surface area contributed by atoms with E-state index < -0.39 is 5.97 Å². The molecule has 0 bridgehead atoms. The smallest absolute Gasteiger partial charge is 0.339 e. The second-order valence-corrected chi connectivity index (χ2v) is 4.29. The van der Waals surface area contributed by atoms with Crippen molar-refractivity contribution in [2.24, 2.45) is 0 Å². The molecule has 0 aliphatic rings. The quantitative estimate of drug-likeness (QED) is 0.790. The Morgan fingerprint density at radius 3 is 2.80 bits per heavy atom. The maximum absolute atomic E-state index is 11.1. The number of aromatic nitrogens is 2. The van der Waals surface area contributed by atoms with Crippen molar-refractivity contribution in [2.45, 2.75) is 6.61 Å². The van der Waals surface area contributed by atoms with Gasteiger partial charge in [-0.3, -0.25) is 0 Å². The summed E-state index contributed by atoms with van der Waals surface area (Å²) in [7, 11) is 0. The normalized spacial score (nSPS) is 10.6. The van der Waals surface area contributed by atoms with Gasteiger partial charge in [0.1, 0.15) is 23.6 Å². The van der Waals surface area contributed by atoms with Crippen molar-refractivity contribution in [3.05, 3.63) is 66.1 Å². The molecule has 2 heterocycles. The van der Waals surface area contributed by atoms with Crippen molar-refractivity contribution >= 4 is 11.6 Å². The van der Waals surface area contributed by atoms with Gasteiger partial charge in [0.2, 0.25) is 0 Å².